The van der Waals surface area contributed by atoms with Gasteiger partial charge in [-0.3, -0.25) is 0 Å². The molecule has 0 saturated heterocycles. The molecule has 0 bridgehead atoms. The Hall–Kier alpha value is -1.52. The number of aromatic amines is 1. The summed E-state index contributed by atoms with van der Waals surface area (Å²) >= 11 is 6.29. The van der Waals surface area contributed by atoms with Crippen molar-refractivity contribution in [3.05, 3.63) is 34.2 Å². The minimum absolute atomic E-state index is 0.376. The van der Waals surface area contributed by atoms with Gasteiger partial charge in [-0.25, -0.2) is 4.98 Å². The van der Waals surface area contributed by atoms with Crippen molar-refractivity contribution in [3.8, 4) is 17.0 Å². The third-order valence-corrected chi connectivity index (χ3v) is 3.54. The zero-order chi connectivity index (χ0) is 13.3. The molecule has 1 aromatic carbocycles. The number of benzene rings is 1. The Kier molecular flexibility index (Phi) is 3.59. The van der Waals surface area contributed by atoms with Gasteiger partial charge in [0.1, 0.15) is 11.6 Å². The van der Waals surface area contributed by atoms with Crippen molar-refractivity contribution < 1.29 is 4.74 Å². The summed E-state index contributed by atoms with van der Waals surface area (Å²) in [6.07, 6.45) is 1.75. The van der Waals surface area contributed by atoms with Crippen LogP contribution in [0.3, 0.4) is 0 Å². The van der Waals surface area contributed by atoms with Gasteiger partial charge in [0.05, 0.1) is 25.5 Å². The summed E-state index contributed by atoms with van der Waals surface area (Å²) in [6, 6.07) is 1.92. The Morgan fingerprint density at radius 2 is 2.17 bits per heavy atom. The quantitative estimate of drug-likeness (QED) is 0.897. The maximum absolute atomic E-state index is 6.29. The summed E-state index contributed by atoms with van der Waals surface area (Å²) in [6.45, 7) is 4.30. The van der Waals surface area contributed by atoms with Gasteiger partial charge in [0.2, 0.25) is 0 Å². The lowest BCUT2D eigenvalue weighted by Crippen LogP contribution is -1.98. The number of rotatable bonds is 3. The van der Waals surface area contributed by atoms with Crippen LogP contribution < -0.4 is 10.5 Å². The summed E-state index contributed by atoms with van der Waals surface area (Å²) in [5.74, 6) is 1.52. The van der Waals surface area contributed by atoms with Crippen LogP contribution in [-0.2, 0) is 6.54 Å². The molecule has 0 saturated carbocycles. The fourth-order valence-electron chi connectivity index (χ4n) is 2.01. The highest BCUT2D eigenvalue weighted by Gasteiger charge is 2.16. The summed E-state index contributed by atoms with van der Waals surface area (Å²) in [5, 5.41) is 0.745. The summed E-state index contributed by atoms with van der Waals surface area (Å²) in [5.41, 5.74) is 9.32. The summed E-state index contributed by atoms with van der Waals surface area (Å²) < 4.78 is 5.42. The first-order valence-corrected chi connectivity index (χ1v) is 6.04. The molecule has 5 heteroatoms. The minimum atomic E-state index is 0.376. The van der Waals surface area contributed by atoms with Crippen molar-refractivity contribution >= 4 is 11.6 Å². The van der Waals surface area contributed by atoms with Gasteiger partial charge in [0, 0.05) is 10.6 Å². The molecule has 0 amide bonds. The number of ether oxygens (including phenoxy) is 1. The molecule has 3 N–H and O–H groups in total. The van der Waals surface area contributed by atoms with Crippen molar-refractivity contribution in [3.63, 3.8) is 0 Å². The second kappa shape index (κ2) is 5.00. The second-order valence-corrected chi connectivity index (χ2v) is 4.54. The van der Waals surface area contributed by atoms with E-state index in [-0.39, 0.29) is 0 Å². The number of hydrogen-bond acceptors (Lipinski definition) is 3. The van der Waals surface area contributed by atoms with Crippen LogP contribution in [0.4, 0.5) is 0 Å². The number of H-pyrrole nitrogens is 1. The number of nitrogens with zero attached hydrogens (tertiary/aromatic N) is 1. The van der Waals surface area contributed by atoms with Crippen LogP contribution in [0, 0.1) is 13.8 Å². The maximum atomic E-state index is 6.29. The lowest BCUT2D eigenvalue weighted by atomic mass is 10.0. The van der Waals surface area contributed by atoms with E-state index in [9.17, 15) is 0 Å². The number of methoxy groups -OCH3 is 1. The molecule has 1 aromatic heterocycles. The molecule has 0 fully saturated rings. The highest BCUT2D eigenvalue weighted by atomic mass is 35.5. The van der Waals surface area contributed by atoms with Crippen molar-refractivity contribution in [2.75, 3.05) is 7.11 Å². The molecule has 2 aromatic rings. The van der Waals surface area contributed by atoms with Gasteiger partial charge in [0.25, 0.3) is 0 Å². The van der Waals surface area contributed by atoms with Crippen LogP contribution in [0.25, 0.3) is 11.3 Å². The van der Waals surface area contributed by atoms with E-state index in [1.54, 1.807) is 13.3 Å². The van der Waals surface area contributed by atoms with E-state index in [1.165, 1.54) is 0 Å². The number of nitrogens with one attached hydrogen (secondary N) is 1. The number of halogens is 1. The second-order valence-electron chi connectivity index (χ2n) is 4.16. The van der Waals surface area contributed by atoms with E-state index in [1.807, 2.05) is 19.9 Å². The predicted octanol–water partition coefficient (Wildman–Crippen LogP) is 2.81. The molecule has 0 unspecified atom stereocenters. The Morgan fingerprint density at radius 3 is 2.72 bits per heavy atom. The van der Waals surface area contributed by atoms with Crippen LogP contribution in [0.15, 0.2) is 12.3 Å². The molecular formula is C13H16ClN3O. The number of nitrogens with two attached hydrogens (primary N) is 1. The summed E-state index contributed by atoms with van der Waals surface area (Å²) in [7, 11) is 1.64. The maximum Gasteiger partial charge on any atom is 0.128 e. The zero-order valence-electron chi connectivity index (χ0n) is 10.7. The molecule has 0 spiro atoms. The Labute approximate surface area is 111 Å². The largest absolute Gasteiger partial charge is 0.496 e. The van der Waals surface area contributed by atoms with Crippen LogP contribution >= 0.6 is 11.6 Å². The standard InChI is InChI=1S/C13H16ClN3O/c1-7-4-10(18-3)12(8(2)13(7)14)9-6-16-11(5-15)17-9/h4,6H,5,15H2,1-3H3,(H,16,17). The Balaban J connectivity index is 2.65. The molecule has 0 atom stereocenters. The fraction of sp³-hybridized carbons (Fsp3) is 0.308. The lowest BCUT2D eigenvalue weighted by Gasteiger charge is -2.13. The van der Waals surface area contributed by atoms with E-state index in [0.29, 0.717) is 6.54 Å². The average Bonchev–Trinajstić information content (AvgIpc) is 2.83. The van der Waals surface area contributed by atoms with Crippen molar-refractivity contribution in [1.29, 1.82) is 0 Å². The molecule has 18 heavy (non-hydrogen) atoms. The number of aryl methyl sites for hydroxylation is 1. The third-order valence-electron chi connectivity index (χ3n) is 2.96. The topological polar surface area (TPSA) is 63.9 Å². The lowest BCUT2D eigenvalue weighted by molar-refractivity contribution is 0.415. The predicted molar refractivity (Wildman–Crippen MR) is 73.0 cm³/mol. The monoisotopic (exact) mass is 265 g/mol. The van der Waals surface area contributed by atoms with Gasteiger partial charge >= 0.3 is 0 Å². The number of hydrogen-bond donors (Lipinski definition) is 2. The minimum Gasteiger partial charge on any atom is -0.496 e. The molecule has 0 radical (unpaired) electrons. The van der Waals surface area contributed by atoms with Crippen LogP contribution in [0.5, 0.6) is 5.75 Å². The van der Waals surface area contributed by atoms with Crippen molar-refractivity contribution in [1.82, 2.24) is 9.97 Å². The number of imidazole rings is 1. The molecule has 4 nitrogen and oxygen atoms in total. The van der Waals surface area contributed by atoms with Gasteiger partial charge < -0.3 is 15.5 Å². The Morgan fingerprint density at radius 1 is 1.44 bits per heavy atom. The third kappa shape index (κ3) is 2.09. The van der Waals surface area contributed by atoms with E-state index in [2.05, 4.69) is 9.97 Å². The number of aromatic nitrogens is 2. The fourth-order valence-corrected chi connectivity index (χ4v) is 2.16. The first-order chi connectivity index (χ1) is 8.58. The normalized spacial score (nSPS) is 10.7. The van der Waals surface area contributed by atoms with Crippen molar-refractivity contribution in [2.24, 2.45) is 5.73 Å². The molecule has 96 valence electrons. The van der Waals surface area contributed by atoms with Crippen LogP contribution in [0.2, 0.25) is 5.02 Å². The molecule has 0 aliphatic heterocycles. The van der Waals surface area contributed by atoms with Gasteiger partial charge in [-0.1, -0.05) is 11.6 Å². The molecule has 0 aliphatic rings. The van der Waals surface area contributed by atoms with Gasteiger partial charge in [-0.05, 0) is 31.0 Å². The highest BCUT2D eigenvalue weighted by Crippen LogP contribution is 2.38. The first-order valence-electron chi connectivity index (χ1n) is 5.66. The van der Waals surface area contributed by atoms with Gasteiger partial charge in [-0.15, -0.1) is 0 Å². The van der Waals surface area contributed by atoms with E-state index < -0.39 is 0 Å². The van der Waals surface area contributed by atoms with Crippen LogP contribution in [0.1, 0.15) is 17.0 Å². The zero-order valence-corrected chi connectivity index (χ0v) is 11.4. The SMILES string of the molecule is COc1cc(C)c(Cl)c(C)c1-c1cnc(CN)[nH]1. The smallest absolute Gasteiger partial charge is 0.128 e. The van der Waals surface area contributed by atoms with Gasteiger partial charge in [-0.2, -0.15) is 0 Å². The molecular weight excluding hydrogens is 250 g/mol. The van der Waals surface area contributed by atoms with E-state index in [0.717, 1.165) is 39.0 Å². The van der Waals surface area contributed by atoms with E-state index in [4.69, 9.17) is 22.1 Å². The average molecular weight is 266 g/mol. The Bertz CT molecular complexity index is 578. The van der Waals surface area contributed by atoms with Crippen molar-refractivity contribution in [2.45, 2.75) is 20.4 Å². The first kappa shape index (κ1) is 12.9. The molecule has 0 aliphatic carbocycles. The van der Waals surface area contributed by atoms with E-state index >= 15 is 0 Å². The molecule has 1 heterocycles. The highest BCUT2D eigenvalue weighted by molar-refractivity contribution is 6.32. The summed E-state index contributed by atoms with van der Waals surface area (Å²) in [4.78, 5) is 7.37. The van der Waals surface area contributed by atoms with Crippen LogP contribution in [-0.4, -0.2) is 17.1 Å². The molecule has 2 rings (SSSR count). The van der Waals surface area contributed by atoms with Gasteiger partial charge in [0.15, 0.2) is 0 Å².